The van der Waals surface area contributed by atoms with Gasteiger partial charge in [0.2, 0.25) is 17.7 Å². The number of ether oxygens (including phenoxy) is 1. The fourth-order valence-corrected chi connectivity index (χ4v) is 2.07. The van der Waals surface area contributed by atoms with Crippen LogP contribution in [0.15, 0.2) is 0 Å². The first-order valence-corrected chi connectivity index (χ1v) is 6.05. The average molecular weight is 255 g/mol. The van der Waals surface area contributed by atoms with Crippen molar-refractivity contribution in [2.24, 2.45) is 5.73 Å². The normalized spacial score (nSPS) is 25.5. The molecule has 2 aliphatic rings. The number of imide groups is 1. The highest BCUT2D eigenvalue weighted by atomic mass is 16.5. The minimum absolute atomic E-state index is 0.203. The predicted molar refractivity (Wildman–Crippen MR) is 61.3 cm³/mol. The monoisotopic (exact) mass is 255 g/mol. The highest BCUT2D eigenvalue weighted by Gasteiger charge is 2.34. The van der Waals surface area contributed by atoms with Crippen LogP contribution in [0, 0.1) is 0 Å². The molecular formula is C11H17N3O4. The lowest BCUT2D eigenvalue weighted by Gasteiger charge is -2.32. The smallest absolute Gasteiger partial charge is 0.246 e. The van der Waals surface area contributed by atoms with Crippen LogP contribution < -0.4 is 5.73 Å². The molecule has 0 aromatic rings. The van der Waals surface area contributed by atoms with E-state index < -0.39 is 11.9 Å². The van der Waals surface area contributed by atoms with E-state index in [-0.39, 0.29) is 24.8 Å². The number of piperidine rings is 1. The Labute approximate surface area is 105 Å². The SMILES string of the molecule is NC1CCC(=O)N(CC(=O)N2CCOCC2)C1=O. The molecule has 2 rings (SSSR count). The number of nitrogens with zero attached hydrogens (tertiary/aromatic N) is 2. The van der Waals surface area contributed by atoms with E-state index >= 15 is 0 Å². The van der Waals surface area contributed by atoms with Gasteiger partial charge in [0.15, 0.2) is 0 Å². The topological polar surface area (TPSA) is 92.9 Å². The summed E-state index contributed by atoms with van der Waals surface area (Å²) in [5.74, 6) is -0.995. The van der Waals surface area contributed by atoms with Gasteiger partial charge in [0.05, 0.1) is 19.3 Å². The van der Waals surface area contributed by atoms with Gasteiger partial charge in [0.1, 0.15) is 6.54 Å². The summed E-state index contributed by atoms with van der Waals surface area (Å²) in [7, 11) is 0. The molecule has 2 heterocycles. The number of nitrogens with two attached hydrogens (primary N) is 1. The number of hydrogen-bond acceptors (Lipinski definition) is 5. The molecule has 0 radical (unpaired) electrons. The molecule has 18 heavy (non-hydrogen) atoms. The van der Waals surface area contributed by atoms with E-state index in [2.05, 4.69) is 0 Å². The summed E-state index contributed by atoms with van der Waals surface area (Å²) in [5, 5.41) is 0. The van der Waals surface area contributed by atoms with E-state index in [0.717, 1.165) is 4.90 Å². The fraction of sp³-hybridized carbons (Fsp3) is 0.727. The first-order chi connectivity index (χ1) is 8.59. The zero-order chi connectivity index (χ0) is 13.1. The van der Waals surface area contributed by atoms with Gasteiger partial charge in [-0.1, -0.05) is 0 Å². The third-order valence-corrected chi connectivity index (χ3v) is 3.21. The van der Waals surface area contributed by atoms with E-state index in [0.29, 0.717) is 32.7 Å². The zero-order valence-electron chi connectivity index (χ0n) is 10.1. The molecule has 0 spiro atoms. The first-order valence-electron chi connectivity index (χ1n) is 6.05. The highest BCUT2D eigenvalue weighted by Crippen LogP contribution is 2.12. The van der Waals surface area contributed by atoms with E-state index in [1.54, 1.807) is 4.90 Å². The number of hydrogen-bond donors (Lipinski definition) is 1. The summed E-state index contributed by atoms with van der Waals surface area (Å²) in [6.07, 6.45) is 0.587. The molecular weight excluding hydrogens is 238 g/mol. The van der Waals surface area contributed by atoms with Gasteiger partial charge in [0, 0.05) is 19.5 Å². The molecule has 100 valence electrons. The van der Waals surface area contributed by atoms with Crippen LogP contribution in [-0.2, 0) is 19.1 Å². The van der Waals surface area contributed by atoms with Crippen LogP contribution in [0.4, 0.5) is 0 Å². The lowest BCUT2D eigenvalue weighted by molar-refractivity contribution is -0.154. The fourth-order valence-electron chi connectivity index (χ4n) is 2.07. The van der Waals surface area contributed by atoms with Gasteiger partial charge < -0.3 is 15.4 Å². The van der Waals surface area contributed by atoms with Crippen molar-refractivity contribution in [2.75, 3.05) is 32.8 Å². The third-order valence-electron chi connectivity index (χ3n) is 3.21. The predicted octanol–water partition coefficient (Wildman–Crippen LogP) is -1.68. The Morgan fingerprint density at radius 3 is 2.67 bits per heavy atom. The minimum atomic E-state index is -0.666. The number of likely N-dealkylation sites (tertiary alicyclic amines) is 1. The van der Waals surface area contributed by atoms with Gasteiger partial charge in [-0.25, -0.2) is 0 Å². The van der Waals surface area contributed by atoms with Crippen LogP contribution in [0.25, 0.3) is 0 Å². The van der Waals surface area contributed by atoms with Gasteiger partial charge in [-0.3, -0.25) is 19.3 Å². The molecule has 1 atom stereocenters. The van der Waals surface area contributed by atoms with Crippen LogP contribution in [-0.4, -0.2) is 66.4 Å². The van der Waals surface area contributed by atoms with E-state index in [1.807, 2.05) is 0 Å². The summed E-state index contributed by atoms with van der Waals surface area (Å²) in [5.41, 5.74) is 5.60. The van der Waals surface area contributed by atoms with Crippen molar-refractivity contribution in [3.05, 3.63) is 0 Å². The van der Waals surface area contributed by atoms with Crippen LogP contribution in [0.2, 0.25) is 0 Å². The van der Waals surface area contributed by atoms with Crippen molar-refractivity contribution in [3.8, 4) is 0 Å². The van der Waals surface area contributed by atoms with Crippen LogP contribution in [0.5, 0.6) is 0 Å². The summed E-state index contributed by atoms with van der Waals surface area (Å²) in [6, 6.07) is -0.666. The lowest BCUT2D eigenvalue weighted by atomic mass is 10.1. The lowest BCUT2D eigenvalue weighted by Crippen LogP contribution is -2.55. The van der Waals surface area contributed by atoms with E-state index in [9.17, 15) is 14.4 Å². The molecule has 7 heteroatoms. The second-order valence-corrected chi connectivity index (χ2v) is 4.46. The van der Waals surface area contributed by atoms with Crippen LogP contribution >= 0.6 is 0 Å². The minimum Gasteiger partial charge on any atom is -0.378 e. The number of morpholine rings is 1. The van der Waals surface area contributed by atoms with Crippen LogP contribution in [0.1, 0.15) is 12.8 Å². The molecule has 0 aromatic heterocycles. The van der Waals surface area contributed by atoms with Crippen molar-refractivity contribution >= 4 is 17.7 Å². The Bertz CT molecular complexity index is 365. The Morgan fingerprint density at radius 1 is 1.33 bits per heavy atom. The van der Waals surface area contributed by atoms with Gasteiger partial charge in [-0.05, 0) is 6.42 Å². The molecule has 2 fully saturated rings. The maximum absolute atomic E-state index is 11.9. The molecule has 0 aliphatic carbocycles. The number of carbonyl (C=O) groups excluding carboxylic acids is 3. The first kappa shape index (κ1) is 13.0. The number of rotatable bonds is 2. The molecule has 2 N–H and O–H groups in total. The van der Waals surface area contributed by atoms with Gasteiger partial charge in [-0.2, -0.15) is 0 Å². The third kappa shape index (κ3) is 2.68. The average Bonchev–Trinajstić information content (AvgIpc) is 2.40. The Hall–Kier alpha value is -1.47. The van der Waals surface area contributed by atoms with Crippen molar-refractivity contribution in [1.82, 2.24) is 9.80 Å². The van der Waals surface area contributed by atoms with Gasteiger partial charge in [-0.15, -0.1) is 0 Å². The quantitative estimate of drug-likeness (QED) is 0.595. The second kappa shape index (κ2) is 5.45. The summed E-state index contributed by atoms with van der Waals surface area (Å²) >= 11 is 0. The summed E-state index contributed by atoms with van der Waals surface area (Å²) in [6.45, 7) is 1.79. The number of amides is 3. The Morgan fingerprint density at radius 2 is 2.00 bits per heavy atom. The molecule has 3 amide bonds. The maximum Gasteiger partial charge on any atom is 0.246 e. The van der Waals surface area contributed by atoms with Gasteiger partial charge >= 0.3 is 0 Å². The molecule has 2 aliphatic heterocycles. The molecule has 0 saturated carbocycles. The highest BCUT2D eigenvalue weighted by molar-refractivity contribution is 6.03. The van der Waals surface area contributed by atoms with Crippen molar-refractivity contribution in [1.29, 1.82) is 0 Å². The van der Waals surface area contributed by atoms with Crippen molar-refractivity contribution in [3.63, 3.8) is 0 Å². The van der Waals surface area contributed by atoms with Crippen LogP contribution in [0.3, 0.4) is 0 Å². The van der Waals surface area contributed by atoms with E-state index in [4.69, 9.17) is 10.5 Å². The van der Waals surface area contributed by atoms with Crippen molar-refractivity contribution < 1.29 is 19.1 Å². The molecule has 7 nitrogen and oxygen atoms in total. The Balaban J connectivity index is 1.96. The molecule has 0 aromatic carbocycles. The summed E-state index contributed by atoms with van der Waals surface area (Å²) < 4.78 is 5.14. The maximum atomic E-state index is 11.9. The van der Waals surface area contributed by atoms with Crippen molar-refractivity contribution in [2.45, 2.75) is 18.9 Å². The zero-order valence-corrected chi connectivity index (χ0v) is 10.1. The number of carbonyl (C=O) groups is 3. The van der Waals surface area contributed by atoms with E-state index in [1.165, 1.54) is 0 Å². The molecule has 0 bridgehead atoms. The Kier molecular flexibility index (Phi) is 3.93. The molecule has 2 saturated heterocycles. The molecule has 1 unspecified atom stereocenters. The standard InChI is InChI=1S/C11H17N3O4/c12-8-1-2-9(15)14(11(8)17)7-10(16)13-3-5-18-6-4-13/h8H,1-7,12H2. The second-order valence-electron chi connectivity index (χ2n) is 4.46. The van der Waals surface area contributed by atoms with Gasteiger partial charge in [0.25, 0.3) is 0 Å². The largest absolute Gasteiger partial charge is 0.378 e. The summed E-state index contributed by atoms with van der Waals surface area (Å²) in [4.78, 5) is 37.9.